The molecule has 0 aliphatic carbocycles. The first-order valence-electron chi connectivity index (χ1n) is 9.39. The molecule has 152 valence electrons. The summed E-state index contributed by atoms with van der Waals surface area (Å²) < 4.78 is 24.6. The molecule has 3 aromatic rings. The Bertz CT molecular complexity index is 1130. The molecule has 1 aliphatic heterocycles. The van der Waals surface area contributed by atoms with E-state index < -0.39 is 9.84 Å². The molecule has 10 heteroatoms. The van der Waals surface area contributed by atoms with Gasteiger partial charge in [0.2, 0.25) is 5.91 Å². The van der Waals surface area contributed by atoms with Crippen LogP contribution in [0.5, 0.6) is 0 Å². The van der Waals surface area contributed by atoms with E-state index in [4.69, 9.17) is 0 Å². The third-order valence-corrected chi connectivity index (χ3v) is 6.15. The lowest BCUT2D eigenvalue weighted by Crippen LogP contribution is -2.37. The van der Waals surface area contributed by atoms with Crippen molar-refractivity contribution in [2.24, 2.45) is 0 Å². The number of carbonyl (C=O) groups excluding carboxylic acids is 1. The van der Waals surface area contributed by atoms with Crippen LogP contribution in [0.3, 0.4) is 0 Å². The highest BCUT2D eigenvalue weighted by Crippen LogP contribution is 2.18. The molecule has 1 N–H and O–H groups in total. The summed E-state index contributed by atoms with van der Waals surface area (Å²) in [6.07, 6.45) is 4.53. The van der Waals surface area contributed by atoms with Crippen molar-refractivity contribution in [3.63, 3.8) is 0 Å². The molecule has 4 rings (SSSR count). The Hall–Kier alpha value is -3.01. The van der Waals surface area contributed by atoms with Crippen molar-refractivity contribution in [3.8, 4) is 0 Å². The number of carbonyl (C=O) groups is 1. The number of hydrogen-bond donors (Lipinski definition) is 1. The van der Waals surface area contributed by atoms with Crippen LogP contribution in [0.1, 0.15) is 18.4 Å². The van der Waals surface area contributed by atoms with Crippen LogP contribution < -0.4 is 10.2 Å². The lowest BCUT2D eigenvalue weighted by atomic mass is 10.1. The van der Waals surface area contributed by atoms with Crippen LogP contribution in [0.25, 0.3) is 5.65 Å². The second-order valence-corrected chi connectivity index (χ2v) is 9.26. The molecule has 0 bridgehead atoms. The van der Waals surface area contributed by atoms with E-state index in [1.165, 1.54) is 6.26 Å². The number of fused-ring (bicyclic) bond motifs is 1. The molecule has 29 heavy (non-hydrogen) atoms. The Morgan fingerprint density at radius 3 is 2.76 bits per heavy atom. The predicted molar refractivity (Wildman–Crippen MR) is 107 cm³/mol. The maximum atomic E-state index is 12.3. The molecule has 0 spiro atoms. The molecule has 1 saturated heterocycles. The number of rotatable bonds is 6. The molecule has 2 aromatic heterocycles. The van der Waals surface area contributed by atoms with Crippen molar-refractivity contribution in [2.45, 2.75) is 30.2 Å². The highest BCUT2D eigenvalue weighted by molar-refractivity contribution is 7.90. The summed E-state index contributed by atoms with van der Waals surface area (Å²) in [5.41, 5.74) is 1.63. The zero-order chi connectivity index (χ0) is 20.4. The molecule has 0 saturated carbocycles. The first-order valence-corrected chi connectivity index (χ1v) is 11.3. The molecule has 3 heterocycles. The van der Waals surface area contributed by atoms with E-state index in [9.17, 15) is 13.2 Å². The highest BCUT2D eigenvalue weighted by Gasteiger charge is 2.25. The van der Waals surface area contributed by atoms with E-state index in [1.54, 1.807) is 35.1 Å². The first kappa shape index (κ1) is 19.3. The minimum atomic E-state index is -3.20. The van der Waals surface area contributed by atoms with Gasteiger partial charge in [-0.05, 0) is 42.7 Å². The Balaban J connectivity index is 1.28. The van der Waals surface area contributed by atoms with E-state index in [0.717, 1.165) is 24.3 Å². The third kappa shape index (κ3) is 4.53. The molecule has 1 amide bonds. The van der Waals surface area contributed by atoms with Gasteiger partial charge in [0.25, 0.3) is 0 Å². The molecule has 1 fully saturated rings. The molecule has 1 aromatic carbocycles. The lowest BCUT2D eigenvalue weighted by molar-refractivity contribution is -0.121. The molecule has 0 radical (unpaired) electrons. The number of sulfone groups is 1. The second-order valence-electron chi connectivity index (χ2n) is 7.24. The third-order valence-electron chi connectivity index (χ3n) is 5.02. The smallest absolute Gasteiger partial charge is 0.220 e. The van der Waals surface area contributed by atoms with Gasteiger partial charge >= 0.3 is 0 Å². The fraction of sp³-hybridized carbons (Fsp3) is 0.368. The topological polar surface area (TPSA) is 110 Å². The zero-order valence-corrected chi connectivity index (χ0v) is 16.8. The van der Waals surface area contributed by atoms with Crippen LogP contribution in [-0.2, 0) is 21.1 Å². The van der Waals surface area contributed by atoms with Gasteiger partial charge < -0.3 is 10.2 Å². The number of aromatic nitrogens is 4. The van der Waals surface area contributed by atoms with Crippen molar-refractivity contribution >= 4 is 27.2 Å². The summed E-state index contributed by atoms with van der Waals surface area (Å²) in [6.45, 7) is 1.52. The highest BCUT2D eigenvalue weighted by atomic mass is 32.2. The van der Waals surface area contributed by atoms with Crippen LogP contribution in [0.4, 0.5) is 5.82 Å². The SMILES string of the molecule is CS(=O)(=O)c1ccc(CCC(=O)NC2CCN(c3ccc4nncn4n3)C2)cc1. The maximum absolute atomic E-state index is 12.3. The molecule has 9 nitrogen and oxygen atoms in total. The van der Waals surface area contributed by atoms with E-state index in [2.05, 4.69) is 25.5 Å². The van der Waals surface area contributed by atoms with Gasteiger partial charge in [-0.1, -0.05) is 12.1 Å². The van der Waals surface area contributed by atoms with E-state index in [-0.39, 0.29) is 16.8 Å². The normalized spacial score (nSPS) is 17.0. The van der Waals surface area contributed by atoms with Crippen LogP contribution in [-0.4, -0.2) is 59.5 Å². The van der Waals surface area contributed by atoms with Gasteiger partial charge in [-0.15, -0.1) is 15.3 Å². The number of anilines is 1. The second kappa shape index (κ2) is 7.78. The monoisotopic (exact) mass is 414 g/mol. The number of amides is 1. The van der Waals surface area contributed by atoms with Gasteiger partial charge in [0.15, 0.2) is 15.5 Å². The van der Waals surface area contributed by atoms with Gasteiger partial charge in [-0.3, -0.25) is 4.79 Å². The van der Waals surface area contributed by atoms with Crippen LogP contribution >= 0.6 is 0 Å². The van der Waals surface area contributed by atoms with E-state index >= 15 is 0 Å². The van der Waals surface area contributed by atoms with Crippen molar-refractivity contribution in [2.75, 3.05) is 24.2 Å². The Morgan fingerprint density at radius 1 is 1.21 bits per heavy atom. The van der Waals surface area contributed by atoms with Gasteiger partial charge in [0, 0.05) is 31.8 Å². The van der Waals surface area contributed by atoms with Gasteiger partial charge in [0.1, 0.15) is 12.1 Å². The fourth-order valence-electron chi connectivity index (χ4n) is 3.43. The standard InChI is InChI=1S/C19H22N6O3S/c1-29(27,28)16-5-2-14(3-6-16)4-9-19(26)21-15-10-11-24(12-15)18-8-7-17-22-20-13-25(17)23-18/h2-3,5-8,13,15H,4,9-12H2,1H3,(H,21,26). The van der Waals surface area contributed by atoms with Crippen LogP contribution in [0, 0.1) is 0 Å². The molecule has 1 unspecified atom stereocenters. The number of aryl methyl sites for hydroxylation is 1. The Morgan fingerprint density at radius 2 is 2.00 bits per heavy atom. The minimum Gasteiger partial charge on any atom is -0.353 e. The number of benzene rings is 1. The van der Waals surface area contributed by atoms with Gasteiger partial charge in [-0.25, -0.2) is 8.42 Å². The van der Waals surface area contributed by atoms with Crippen molar-refractivity contribution in [1.29, 1.82) is 0 Å². The summed E-state index contributed by atoms with van der Waals surface area (Å²) >= 11 is 0. The van der Waals surface area contributed by atoms with E-state index in [0.29, 0.717) is 25.0 Å². The summed E-state index contributed by atoms with van der Waals surface area (Å²) in [6, 6.07) is 10.5. The molecule has 1 atom stereocenters. The molecular weight excluding hydrogens is 392 g/mol. The summed E-state index contributed by atoms with van der Waals surface area (Å²) in [5.74, 6) is 0.825. The fourth-order valence-corrected chi connectivity index (χ4v) is 4.06. The number of nitrogens with one attached hydrogen (secondary N) is 1. The average molecular weight is 414 g/mol. The van der Waals surface area contributed by atoms with Crippen molar-refractivity contribution < 1.29 is 13.2 Å². The quantitative estimate of drug-likeness (QED) is 0.637. The Labute approximate surface area is 168 Å². The first-order chi connectivity index (χ1) is 13.9. The molecule has 1 aliphatic rings. The minimum absolute atomic E-state index is 0.00809. The van der Waals surface area contributed by atoms with Gasteiger partial charge in [-0.2, -0.15) is 4.52 Å². The predicted octanol–water partition coefficient (Wildman–Crippen LogP) is 0.855. The number of nitrogens with zero attached hydrogens (tertiary/aromatic N) is 5. The van der Waals surface area contributed by atoms with Crippen molar-refractivity contribution in [1.82, 2.24) is 25.1 Å². The zero-order valence-electron chi connectivity index (χ0n) is 16.0. The molecular formula is C19H22N6O3S. The van der Waals surface area contributed by atoms with Crippen LogP contribution in [0.2, 0.25) is 0 Å². The summed E-state index contributed by atoms with van der Waals surface area (Å²) in [5, 5.41) is 15.4. The average Bonchev–Trinajstić information content (AvgIpc) is 3.34. The summed E-state index contributed by atoms with van der Waals surface area (Å²) in [4.78, 5) is 14.7. The van der Waals surface area contributed by atoms with E-state index in [1.807, 2.05) is 12.1 Å². The van der Waals surface area contributed by atoms with Gasteiger partial charge in [0.05, 0.1) is 4.90 Å². The summed E-state index contributed by atoms with van der Waals surface area (Å²) in [7, 11) is -3.20. The van der Waals surface area contributed by atoms with Crippen LogP contribution in [0.15, 0.2) is 47.6 Å². The Kier molecular flexibility index (Phi) is 5.18. The largest absolute Gasteiger partial charge is 0.353 e. The van der Waals surface area contributed by atoms with Crippen molar-refractivity contribution in [3.05, 3.63) is 48.3 Å². The lowest BCUT2D eigenvalue weighted by Gasteiger charge is -2.17. The number of hydrogen-bond acceptors (Lipinski definition) is 7. The maximum Gasteiger partial charge on any atom is 0.220 e.